The summed E-state index contributed by atoms with van der Waals surface area (Å²) in [6, 6.07) is 7.02. The minimum Gasteiger partial charge on any atom is -0.380 e. The van der Waals surface area contributed by atoms with Crippen molar-refractivity contribution in [2.75, 3.05) is 32.6 Å². The first-order valence-electron chi connectivity index (χ1n) is 7.16. The van der Waals surface area contributed by atoms with E-state index in [0.29, 0.717) is 24.0 Å². The molecular weight excluding hydrogens is 288 g/mol. The molecule has 0 saturated carbocycles. The Morgan fingerprint density at radius 1 is 1.19 bits per heavy atom. The van der Waals surface area contributed by atoms with Crippen LogP contribution in [0.15, 0.2) is 29.2 Å². The number of nitrogens with zero attached hydrogens (tertiary/aromatic N) is 1. The molecule has 5 nitrogen and oxygen atoms in total. The Bertz CT molecular complexity index is 524. The van der Waals surface area contributed by atoms with Gasteiger partial charge >= 0.3 is 0 Å². The molecule has 0 aliphatic rings. The van der Waals surface area contributed by atoms with Gasteiger partial charge in [-0.25, -0.2) is 12.7 Å². The van der Waals surface area contributed by atoms with E-state index < -0.39 is 10.0 Å². The van der Waals surface area contributed by atoms with Gasteiger partial charge in [0.25, 0.3) is 0 Å². The van der Waals surface area contributed by atoms with E-state index in [4.69, 9.17) is 4.74 Å². The van der Waals surface area contributed by atoms with E-state index in [-0.39, 0.29) is 6.04 Å². The van der Waals surface area contributed by atoms with Crippen molar-refractivity contribution in [3.8, 4) is 0 Å². The predicted molar refractivity (Wildman–Crippen MR) is 86.1 cm³/mol. The molecule has 0 aliphatic carbocycles. The van der Waals surface area contributed by atoms with E-state index in [1.807, 2.05) is 6.92 Å². The summed E-state index contributed by atoms with van der Waals surface area (Å²) in [5, 5.41) is 3.39. The molecule has 1 aromatic rings. The van der Waals surface area contributed by atoms with Gasteiger partial charge in [0, 0.05) is 26.4 Å². The molecule has 0 radical (unpaired) electrons. The van der Waals surface area contributed by atoms with Crippen LogP contribution in [0.4, 0.5) is 5.69 Å². The van der Waals surface area contributed by atoms with Crippen molar-refractivity contribution < 1.29 is 13.2 Å². The number of ether oxygens (including phenoxy) is 1. The maximum Gasteiger partial charge on any atom is 0.242 e. The molecule has 0 fully saturated rings. The van der Waals surface area contributed by atoms with Crippen molar-refractivity contribution in [1.82, 2.24) is 4.31 Å². The van der Waals surface area contributed by atoms with Crippen LogP contribution in [-0.4, -0.2) is 46.1 Å². The van der Waals surface area contributed by atoms with Crippen molar-refractivity contribution in [3.63, 3.8) is 0 Å². The van der Waals surface area contributed by atoms with E-state index in [9.17, 15) is 8.42 Å². The molecule has 120 valence electrons. The average molecular weight is 314 g/mol. The third-order valence-corrected chi connectivity index (χ3v) is 5.12. The first-order chi connectivity index (χ1) is 9.78. The molecule has 0 amide bonds. The predicted octanol–water partition coefficient (Wildman–Crippen LogP) is 2.41. The van der Waals surface area contributed by atoms with Gasteiger partial charge in [-0.15, -0.1) is 0 Å². The van der Waals surface area contributed by atoms with Crippen LogP contribution in [0, 0.1) is 5.92 Å². The van der Waals surface area contributed by atoms with Crippen LogP contribution >= 0.6 is 0 Å². The Labute approximate surface area is 128 Å². The van der Waals surface area contributed by atoms with E-state index in [1.165, 1.54) is 18.4 Å². The van der Waals surface area contributed by atoms with Gasteiger partial charge in [0.05, 0.1) is 17.5 Å². The molecule has 1 aromatic carbocycles. The fourth-order valence-corrected chi connectivity index (χ4v) is 2.70. The van der Waals surface area contributed by atoms with Gasteiger partial charge in [0.2, 0.25) is 10.0 Å². The first-order valence-corrected chi connectivity index (χ1v) is 8.60. The van der Waals surface area contributed by atoms with Crippen LogP contribution in [0.3, 0.4) is 0 Å². The largest absolute Gasteiger partial charge is 0.380 e. The number of sulfonamides is 1. The SMILES string of the molecule is CCOCC(Nc1ccc(S(=O)(=O)N(C)C)cc1)C(C)C. The van der Waals surface area contributed by atoms with Crippen LogP contribution < -0.4 is 5.32 Å². The molecule has 0 spiro atoms. The summed E-state index contributed by atoms with van der Waals surface area (Å²) in [5.74, 6) is 0.418. The third-order valence-electron chi connectivity index (χ3n) is 3.29. The van der Waals surface area contributed by atoms with Crippen LogP contribution in [0.25, 0.3) is 0 Å². The van der Waals surface area contributed by atoms with Gasteiger partial charge in [-0.1, -0.05) is 13.8 Å². The summed E-state index contributed by atoms with van der Waals surface area (Å²) < 4.78 is 30.7. The Morgan fingerprint density at radius 2 is 1.76 bits per heavy atom. The van der Waals surface area contributed by atoms with Gasteiger partial charge in [-0.3, -0.25) is 0 Å². The van der Waals surface area contributed by atoms with E-state index in [1.54, 1.807) is 24.3 Å². The molecule has 0 aromatic heterocycles. The third kappa shape index (κ3) is 4.98. The van der Waals surface area contributed by atoms with E-state index in [2.05, 4.69) is 19.2 Å². The molecule has 1 atom stereocenters. The monoisotopic (exact) mass is 314 g/mol. The molecular formula is C15H26N2O3S. The van der Waals surface area contributed by atoms with Crippen LogP contribution in [0.2, 0.25) is 0 Å². The average Bonchev–Trinajstić information content (AvgIpc) is 2.43. The molecule has 6 heteroatoms. The highest BCUT2D eigenvalue weighted by atomic mass is 32.2. The number of rotatable bonds is 8. The normalized spacial score (nSPS) is 13.7. The Kier molecular flexibility index (Phi) is 6.64. The summed E-state index contributed by atoms with van der Waals surface area (Å²) in [6.07, 6.45) is 0. The molecule has 0 aliphatic heterocycles. The molecule has 1 unspecified atom stereocenters. The molecule has 0 heterocycles. The topological polar surface area (TPSA) is 58.6 Å². The highest BCUT2D eigenvalue weighted by Crippen LogP contribution is 2.18. The van der Waals surface area contributed by atoms with Crippen molar-refractivity contribution in [2.24, 2.45) is 5.92 Å². The zero-order valence-electron chi connectivity index (χ0n) is 13.5. The second kappa shape index (κ2) is 7.77. The summed E-state index contributed by atoms with van der Waals surface area (Å²) in [6.45, 7) is 7.54. The van der Waals surface area contributed by atoms with Gasteiger partial charge in [0.1, 0.15) is 0 Å². The summed E-state index contributed by atoms with van der Waals surface area (Å²) in [4.78, 5) is 0.295. The summed E-state index contributed by atoms with van der Waals surface area (Å²) in [5.41, 5.74) is 0.895. The number of nitrogens with one attached hydrogen (secondary N) is 1. The van der Waals surface area contributed by atoms with Crippen molar-refractivity contribution in [1.29, 1.82) is 0 Å². The maximum atomic E-state index is 12.0. The van der Waals surface area contributed by atoms with Gasteiger partial charge in [0.15, 0.2) is 0 Å². The highest BCUT2D eigenvalue weighted by Gasteiger charge is 2.17. The van der Waals surface area contributed by atoms with Crippen LogP contribution in [0.5, 0.6) is 0 Å². The number of anilines is 1. The lowest BCUT2D eigenvalue weighted by Gasteiger charge is -2.23. The Hall–Kier alpha value is -1.11. The number of hydrogen-bond donors (Lipinski definition) is 1. The first kappa shape index (κ1) is 17.9. The number of benzene rings is 1. The molecule has 21 heavy (non-hydrogen) atoms. The minimum atomic E-state index is -3.37. The standard InChI is InChI=1S/C15H26N2O3S/c1-6-20-11-15(12(2)3)16-13-7-9-14(10-8-13)21(18,19)17(4)5/h7-10,12,15-16H,6,11H2,1-5H3. The summed E-state index contributed by atoms with van der Waals surface area (Å²) >= 11 is 0. The smallest absolute Gasteiger partial charge is 0.242 e. The molecule has 1 N–H and O–H groups in total. The fraction of sp³-hybridized carbons (Fsp3) is 0.600. The van der Waals surface area contributed by atoms with E-state index >= 15 is 0 Å². The molecule has 0 bridgehead atoms. The Balaban J connectivity index is 2.82. The quantitative estimate of drug-likeness (QED) is 0.800. The zero-order chi connectivity index (χ0) is 16.0. The zero-order valence-corrected chi connectivity index (χ0v) is 14.3. The minimum absolute atomic E-state index is 0.196. The van der Waals surface area contributed by atoms with Crippen LogP contribution in [0.1, 0.15) is 20.8 Å². The fourth-order valence-electron chi connectivity index (χ4n) is 1.79. The highest BCUT2D eigenvalue weighted by molar-refractivity contribution is 7.89. The van der Waals surface area contributed by atoms with Crippen molar-refractivity contribution in [3.05, 3.63) is 24.3 Å². The van der Waals surface area contributed by atoms with Gasteiger partial charge in [-0.2, -0.15) is 0 Å². The maximum absolute atomic E-state index is 12.0. The lowest BCUT2D eigenvalue weighted by Crippen LogP contribution is -2.31. The Morgan fingerprint density at radius 3 is 2.19 bits per heavy atom. The van der Waals surface area contributed by atoms with Crippen molar-refractivity contribution in [2.45, 2.75) is 31.7 Å². The van der Waals surface area contributed by atoms with Crippen LogP contribution in [-0.2, 0) is 14.8 Å². The second-order valence-corrected chi connectivity index (χ2v) is 7.62. The van der Waals surface area contributed by atoms with E-state index in [0.717, 1.165) is 5.69 Å². The second-order valence-electron chi connectivity index (χ2n) is 5.47. The van der Waals surface area contributed by atoms with Gasteiger partial charge in [-0.05, 0) is 37.1 Å². The molecule has 0 saturated heterocycles. The van der Waals surface area contributed by atoms with Crippen molar-refractivity contribution >= 4 is 15.7 Å². The lowest BCUT2D eigenvalue weighted by molar-refractivity contribution is 0.127. The number of hydrogen-bond acceptors (Lipinski definition) is 4. The van der Waals surface area contributed by atoms with Gasteiger partial charge < -0.3 is 10.1 Å². The lowest BCUT2D eigenvalue weighted by atomic mass is 10.1. The summed E-state index contributed by atoms with van der Waals surface area (Å²) in [7, 11) is -0.319. The molecule has 1 rings (SSSR count).